The molecule has 1 fully saturated rings. The lowest BCUT2D eigenvalue weighted by Crippen LogP contribution is -2.52. The van der Waals surface area contributed by atoms with E-state index in [9.17, 15) is 9.59 Å². The first-order chi connectivity index (χ1) is 13.6. The second kappa shape index (κ2) is 9.68. The number of amides is 3. The molecule has 0 saturated carbocycles. The van der Waals surface area contributed by atoms with Crippen LogP contribution in [-0.4, -0.2) is 55.0 Å². The highest BCUT2D eigenvalue weighted by Gasteiger charge is 2.31. The second-order valence-electron chi connectivity index (χ2n) is 6.82. The van der Waals surface area contributed by atoms with Gasteiger partial charge in [-0.2, -0.15) is 0 Å². The van der Waals surface area contributed by atoms with Gasteiger partial charge in [0.1, 0.15) is 6.04 Å². The highest BCUT2D eigenvalue weighted by Crippen LogP contribution is 2.23. The Morgan fingerprint density at radius 1 is 1.00 bits per heavy atom. The highest BCUT2D eigenvalue weighted by atomic mass is 35.5. The van der Waals surface area contributed by atoms with Gasteiger partial charge in [0.05, 0.1) is 0 Å². The summed E-state index contributed by atoms with van der Waals surface area (Å²) in [5, 5.41) is 5.60. The Bertz CT molecular complexity index is 790. The molecule has 1 heterocycles. The van der Waals surface area contributed by atoms with Crippen LogP contribution < -0.4 is 10.6 Å². The van der Waals surface area contributed by atoms with Crippen molar-refractivity contribution in [2.45, 2.75) is 12.6 Å². The Morgan fingerprint density at radius 3 is 2.25 bits per heavy atom. The van der Waals surface area contributed by atoms with Crippen molar-refractivity contribution in [2.24, 2.45) is 0 Å². The number of carbonyl (C=O) groups is 2. The minimum atomic E-state index is -0.493. The maximum atomic E-state index is 12.8. The van der Waals surface area contributed by atoms with Gasteiger partial charge in [-0.15, -0.1) is 0 Å². The predicted molar refractivity (Wildman–Crippen MR) is 110 cm³/mol. The summed E-state index contributed by atoms with van der Waals surface area (Å²) in [4.78, 5) is 28.9. The Labute approximate surface area is 170 Å². The molecule has 0 radical (unpaired) electrons. The SMILES string of the molecule is CNC(=O)NC(=O)[C@@H](c1ccccc1)N1CCN(Cc2ccc(Cl)cc2)CC1. The molecule has 148 valence electrons. The lowest BCUT2D eigenvalue weighted by atomic mass is 10.0. The van der Waals surface area contributed by atoms with Gasteiger partial charge in [-0.3, -0.25) is 19.9 Å². The van der Waals surface area contributed by atoms with E-state index in [1.54, 1.807) is 0 Å². The van der Waals surface area contributed by atoms with Crippen LogP contribution in [0.3, 0.4) is 0 Å². The smallest absolute Gasteiger partial charge is 0.321 e. The normalized spacial score (nSPS) is 16.4. The third-order valence-electron chi connectivity index (χ3n) is 4.92. The van der Waals surface area contributed by atoms with E-state index in [1.165, 1.54) is 12.6 Å². The molecule has 1 aliphatic heterocycles. The monoisotopic (exact) mass is 400 g/mol. The summed E-state index contributed by atoms with van der Waals surface area (Å²) in [6, 6.07) is 16.5. The first-order valence-electron chi connectivity index (χ1n) is 9.35. The molecule has 28 heavy (non-hydrogen) atoms. The zero-order valence-corrected chi connectivity index (χ0v) is 16.7. The van der Waals surface area contributed by atoms with Crippen LogP contribution in [-0.2, 0) is 11.3 Å². The van der Waals surface area contributed by atoms with E-state index in [0.717, 1.165) is 43.3 Å². The molecule has 2 aromatic carbocycles. The van der Waals surface area contributed by atoms with Crippen LogP contribution in [0.4, 0.5) is 4.79 Å². The molecular formula is C21H25ClN4O2. The van der Waals surface area contributed by atoms with E-state index < -0.39 is 12.1 Å². The molecule has 1 aliphatic rings. The summed E-state index contributed by atoms with van der Waals surface area (Å²) < 4.78 is 0. The summed E-state index contributed by atoms with van der Waals surface area (Å²) in [5.41, 5.74) is 2.10. The van der Waals surface area contributed by atoms with Gasteiger partial charge in [0.15, 0.2) is 0 Å². The molecule has 1 atom stereocenters. The van der Waals surface area contributed by atoms with Crippen molar-refractivity contribution in [2.75, 3.05) is 33.2 Å². The number of nitrogens with one attached hydrogen (secondary N) is 2. The largest absolute Gasteiger partial charge is 0.341 e. The summed E-state index contributed by atoms with van der Waals surface area (Å²) >= 11 is 5.96. The number of rotatable bonds is 5. The van der Waals surface area contributed by atoms with Crippen LogP contribution in [0, 0.1) is 0 Å². The maximum Gasteiger partial charge on any atom is 0.321 e. The van der Waals surface area contributed by atoms with Gasteiger partial charge in [-0.25, -0.2) is 4.79 Å². The highest BCUT2D eigenvalue weighted by molar-refractivity contribution is 6.30. The summed E-state index contributed by atoms with van der Waals surface area (Å²) in [6.45, 7) is 4.03. The van der Waals surface area contributed by atoms with E-state index in [1.807, 2.05) is 54.6 Å². The zero-order chi connectivity index (χ0) is 19.9. The topological polar surface area (TPSA) is 64.7 Å². The van der Waals surface area contributed by atoms with Gasteiger partial charge >= 0.3 is 6.03 Å². The lowest BCUT2D eigenvalue weighted by Gasteiger charge is -2.38. The van der Waals surface area contributed by atoms with E-state index >= 15 is 0 Å². The average molecular weight is 401 g/mol. The Morgan fingerprint density at radius 2 is 1.64 bits per heavy atom. The number of imide groups is 1. The first kappa shape index (κ1) is 20.3. The van der Waals surface area contributed by atoms with Gasteiger partial charge in [0.25, 0.3) is 0 Å². The van der Waals surface area contributed by atoms with Crippen LogP contribution in [0.25, 0.3) is 0 Å². The molecule has 0 spiro atoms. The van der Waals surface area contributed by atoms with Crippen LogP contribution in [0.15, 0.2) is 54.6 Å². The number of nitrogens with zero attached hydrogens (tertiary/aromatic N) is 2. The Kier molecular flexibility index (Phi) is 7.03. The van der Waals surface area contributed by atoms with E-state index in [4.69, 9.17) is 11.6 Å². The molecule has 7 heteroatoms. The van der Waals surface area contributed by atoms with Crippen molar-refractivity contribution in [3.8, 4) is 0 Å². The second-order valence-corrected chi connectivity index (χ2v) is 7.26. The molecule has 0 aromatic heterocycles. The average Bonchev–Trinajstić information content (AvgIpc) is 2.72. The van der Waals surface area contributed by atoms with Crippen molar-refractivity contribution >= 4 is 23.5 Å². The fourth-order valence-electron chi connectivity index (χ4n) is 3.43. The molecule has 0 bridgehead atoms. The summed E-state index contributed by atoms with van der Waals surface area (Å²) in [5.74, 6) is -0.309. The Balaban J connectivity index is 1.66. The summed E-state index contributed by atoms with van der Waals surface area (Å²) in [7, 11) is 1.50. The molecule has 3 rings (SSSR count). The van der Waals surface area contributed by atoms with Crippen molar-refractivity contribution in [3.63, 3.8) is 0 Å². The molecule has 0 aliphatic carbocycles. The zero-order valence-electron chi connectivity index (χ0n) is 15.9. The quantitative estimate of drug-likeness (QED) is 0.809. The van der Waals surface area contributed by atoms with Crippen molar-refractivity contribution < 1.29 is 9.59 Å². The molecular weight excluding hydrogens is 376 g/mol. The standard InChI is InChI=1S/C21H25ClN4O2/c1-23-21(28)24-20(27)19(17-5-3-2-4-6-17)26-13-11-25(12-14-26)15-16-7-9-18(22)10-8-16/h2-10,19H,11-15H2,1H3,(H2,23,24,27,28)/t19-/m1/s1. The fraction of sp³-hybridized carbons (Fsp3) is 0.333. The summed E-state index contributed by atoms with van der Waals surface area (Å²) in [6.07, 6.45) is 0. The lowest BCUT2D eigenvalue weighted by molar-refractivity contribution is -0.126. The number of hydrogen-bond donors (Lipinski definition) is 2. The number of carbonyl (C=O) groups excluding carboxylic acids is 2. The number of piperazine rings is 1. The molecule has 6 nitrogen and oxygen atoms in total. The van der Waals surface area contributed by atoms with Crippen molar-refractivity contribution in [1.82, 2.24) is 20.4 Å². The van der Waals surface area contributed by atoms with Gasteiger partial charge in [0.2, 0.25) is 5.91 Å². The molecule has 1 saturated heterocycles. The number of urea groups is 1. The van der Waals surface area contributed by atoms with Gasteiger partial charge in [0, 0.05) is 44.8 Å². The molecule has 0 unspecified atom stereocenters. The van der Waals surface area contributed by atoms with Crippen LogP contribution in [0.2, 0.25) is 5.02 Å². The number of halogens is 1. The fourth-order valence-corrected chi connectivity index (χ4v) is 3.56. The molecule has 2 N–H and O–H groups in total. The van der Waals surface area contributed by atoms with Crippen LogP contribution in [0.5, 0.6) is 0 Å². The van der Waals surface area contributed by atoms with E-state index in [2.05, 4.69) is 20.4 Å². The predicted octanol–water partition coefficient (Wildman–Crippen LogP) is 2.65. The minimum Gasteiger partial charge on any atom is -0.341 e. The van der Waals surface area contributed by atoms with E-state index in [0.29, 0.717) is 0 Å². The van der Waals surface area contributed by atoms with E-state index in [-0.39, 0.29) is 5.91 Å². The maximum absolute atomic E-state index is 12.8. The Hall–Kier alpha value is -2.41. The number of hydrogen-bond acceptors (Lipinski definition) is 4. The van der Waals surface area contributed by atoms with Gasteiger partial charge < -0.3 is 5.32 Å². The third kappa shape index (κ3) is 5.32. The van der Waals surface area contributed by atoms with Crippen LogP contribution >= 0.6 is 11.6 Å². The number of benzene rings is 2. The van der Waals surface area contributed by atoms with Crippen molar-refractivity contribution in [3.05, 3.63) is 70.7 Å². The van der Waals surface area contributed by atoms with Crippen LogP contribution in [0.1, 0.15) is 17.2 Å². The third-order valence-corrected chi connectivity index (χ3v) is 5.17. The molecule has 3 amide bonds. The van der Waals surface area contributed by atoms with Gasteiger partial charge in [-0.1, -0.05) is 54.1 Å². The van der Waals surface area contributed by atoms with Gasteiger partial charge in [-0.05, 0) is 23.3 Å². The first-order valence-corrected chi connectivity index (χ1v) is 9.73. The minimum absolute atomic E-state index is 0.309. The van der Waals surface area contributed by atoms with Crippen molar-refractivity contribution in [1.29, 1.82) is 0 Å². The molecule has 2 aromatic rings.